The fraction of sp³-hybridized carbons (Fsp3) is 0.0588. The molecule has 2 aromatic heterocycles. The summed E-state index contributed by atoms with van der Waals surface area (Å²) in [6.07, 6.45) is 4.49. The Morgan fingerprint density at radius 3 is 2.76 bits per heavy atom. The minimum atomic E-state index is -0.497. The number of H-pyrrole nitrogens is 2. The van der Waals surface area contributed by atoms with E-state index in [0.717, 1.165) is 11.1 Å². The van der Waals surface area contributed by atoms with Crippen LogP contribution < -0.4 is 10.6 Å². The minimum Gasteiger partial charge on any atom is -0.340 e. The van der Waals surface area contributed by atoms with E-state index in [1.807, 2.05) is 19.1 Å². The van der Waals surface area contributed by atoms with Crippen LogP contribution in [-0.4, -0.2) is 32.0 Å². The van der Waals surface area contributed by atoms with Crippen molar-refractivity contribution in [3.63, 3.8) is 0 Å². The molecule has 2 amide bonds. The van der Waals surface area contributed by atoms with Crippen LogP contribution in [0.1, 0.15) is 32.1 Å². The highest BCUT2D eigenvalue weighted by Gasteiger charge is 2.21. The topological polar surface area (TPSA) is 116 Å². The zero-order chi connectivity index (χ0) is 17.8. The normalized spacial score (nSPS) is 10.3. The second-order valence-electron chi connectivity index (χ2n) is 5.28. The molecule has 0 spiro atoms. The number of carbonyl (C=O) groups is 2. The van der Waals surface area contributed by atoms with E-state index < -0.39 is 11.8 Å². The molecule has 0 aliphatic rings. The van der Waals surface area contributed by atoms with Crippen molar-refractivity contribution in [2.75, 3.05) is 10.6 Å². The van der Waals surface area contributed by atoms with Crippen molar-refractivity contribution >= 4 is 29.4 Å². The van der Waals surface area contributed by atoms with Gasteiger partial charge in [0.25, 0.3) is 11.8 Å². The number of carbonyl (C=O) groups excluding carboxylic acids is 2. The van der Waals surface area contributed by atoms with E-state index in [1.165, 1.54) is 12.5 Å². The molecule has 126 valence electrons. The molecule has 0 aliphatic heterocycles. The van der Waals surface area contributed by atoms with Crippen LogP contribution in [0, 0.1) is 6.92 Å². The first-order chi connectivity index (χ1) is 12.1. The lowest BCUT2D eigenvalue weighted by molar-refractivity contribution is 0.0985. The van der Waals surface area contributed by atoms with Gasteiger partial charge in [-0.25, -0.2) is 4.98 Å². The molecule has 25 heavy (non-hydrogen) atoms. The van der Waals surface area contributed by atoms with Crippen molar-refractivity contribution in [3.05, 3.63) is 65.9 Å². The molecule has 0 fully saturated rings. The van der Waals surface area contributed by atoms with Crippen LogP contribution in [0.4, 0.5) is 11.5 Å². The molecule has 1 aromatic carbocycles. The SMILES string of the molecule is C=Cc1ccc(C)c(NC(=O)c2nc[nH]c2C(=O)Nc2ccn[nH]2)c1. The Labute approximate surface area is 143 Å². The summed E-state index contributed by atoms with van der Waals surface area (Å²) >= 11 is 0. The van der Waals surface area contributed by atoms with E-state index >= 15 is 0 Å². The Balaban J connectivity index is 1.81. The van der Waals surface area contributed by atoms with Gasteiger partial charge in [0.15, 0.2) is 5.69 Å². The molecule has 0 bridgehead atoms. The Morgan fingerprint density at radius 1 is 1.20 bits per heavy atom. The number of amides is 2. The van der Waals surface area contributed by atoms with Crippen LogP contribution in [0.2, 0.25) is 0 Å². The third kappa shape index (κ3) is 3.47. The molecule has 3 rings (SSSR count). The monoisotopic (exact) mass is 336 g/mol. The maximum absolute atomic E-state index is 12.5. The molecule has 0 aliphatic carbocycles. The van der Waals surface area contributed by atoms with Crippen LogP contribution in [0.3, 0.4) is 0 Å². The molecule has 0 radical (unpaired) electrons. The van der Waals surface area contributed by atoms with Gasteiger partial charge < -0.3 is 15.6 Å². The van der Waals surface area contributed by atoms with Gasteiger partial charge in [-0.1, -0.05) is 24.8 Å². The van der Waals surface area contributed by atoms with Gasteiger partial charge in [0.05, 0.1) is 12.5 Å². The average molecular weight is 336 g/mol. The smallest absolute Gasteiger partial charge is 0.276 e. The van der Waals surface area contributed by atoms with Gasteiger partial charge in [0.1, 0.15) is 11.5 Å². The van der Waals surface area contributed by atoms with Gasteiger partial charge in [-0.15, -0.1) is 0 Å². The summed E-state index contributed by atoms with van der Waals surface area (Å²) in [6.45, 7) is 5.59. The summed E-state index contributed by atoms with van der Waals surface area (Å²) in [7, 11) is 0. The van der Waals surface area contributed by atoms with Crippen molar-refractivity contribution in [1.82, 2.24) is 20.2 Å². The Morgan fingerprint density at radius 2 is 2.04 bits per heavy atom. The predicted octanol–water partition coefficient (Wildman–Crippen LogP) is 2.59. The quantitative estimate of drug-likeness (QED) is 0.573. The number of rotatable bonds is 5. The number of anilines is 2. The summed E-state index contributed by atoms with van der Waals surface area (Å²) in [5.74, 6) is -0.565. The second kappa shape index (κ2) is 6.83. The third-order valence-corrected chi connectivity index (χ3v) is 3.58. The lowest BCUT2D eigenvalue weighted by Gasteiger charge is -2.09. The van der Waals surface area contributed by atoms with E-state index in [-0.39, 0.29) is 11.4 Å². The summed E-state index contributed by atoms with van der Waals surface area (Å²) in [6, 6.07) is 7.17. The number of aromatic amines is 2. The van der Waals surface area contributed by atoms with E-state index in [9.17, 15) is 9.59 Å². The average Bonchev–Trinajstić information content (AvgIpc) is 3.28. The largest absolute Gasteiger partial charge is 0.340 e. The first-order valence-electron chi connectivity index (χ1n) is 7.47. The number of aryl methyl sites for hydroxylation is 1. The number of nitrogens with zero attached hydrogens (tertiary/aromatic N) is 2. The molecule has 0 saturated carbocycles. The van der Waals surface area contributed by atoms with Crippen LogP contribution in [0.15, 0.2) is 43.4 Å². The number of benzene rings is 1. The maximum atomic E-state index is 12.5. The molecule has 2 heterocycles. The number of nitrogens with one attached hydrogen (secondary N) is 4. The molecule has 0 saturated heterocycles. The molecule has 0 unspecified atom stereocenters. The molecule has 8 heteroatoms. The molecular weight excluding hydrogens is 320 g/mol. The lowest BCUT2D eigenvalue weighted by atomic mass is 10.1. The van der Waals surface area contributed by atoms with Gasteiger partial charge in [-0.2, -0.15) is 5.10 Å². The fourth-order valence-corrected chi connectivity index (χ4v) is 2.23. The van der Waals surface area contributed by atoms with Gasteiger partial charge in [0, 0.05) is 11.8 Å². The zero-order valence-corrected chi connectivity index (χ0v) is 13.5. The molecule has 3 aromatic rings. The molecule has 4 N–H and O–H groups in total. The summed E-state index contributed by atoms with van der Waals surface area (Å²) < 4.78 is 0. The fourth-order valence-electron chi connectivity index (χ4n) is 2.23. The first-order valence-corrected chi connectivity index (χ1v) is 7.47. The van der Waals surface area contributed by atoms with Crippen LogP contribution in [0.5, 0.6) is 0 Å². The first kappa shape index (κ1) is 16.2. The molecule has 8 nitrogen and oxygen atoms in total. The van der Waals surface area contributed by atoms with E-state index in [1.54, 1.807) is 18.2 Å². The highest BCUT2D eigenvalue weighted by molar-refractivity contribution is 6.13. The Bertz CT molecular complexity index is 927. The Hall–Kier alpha value is -3.68. The second-order valence-corrected chi connectivity index (χ2v) is 5.28. The standard InChI is InChI=1S/C17H16N6O2/c1-3-11-5-4-10(2)12(8-11)21-16(24)14-15(19-9-18-14)17(25)22-13-6-7-20-23-13/h3-9H,1H2,2H3,(H,18,19)(H,21,24)(H2,20,22,23,25). The van der Waals surface area contributed by atoms with Crippen molar-refractivity contribution in [2.45, 2.75) is 6.92 Å². The van der Waals surface area contributed by atoms with Crippen LogP contribution in [-0.2, 0) is 0 Å². The lowest BCUT2D eigenvalue weighted by Crippen LogP contribution is -2.21. The van der Waals surface area contributed by atoms with Gasteiger partial charge in [-0.3, -0.25) is 14.7 Å². The predicted molar refractivity (Wildman–Crippen MR) is 94.4 cm³/mol. The molecule has 0 atom stereocenters. The minimum absolute atomic E-state index is 0.000390. The van der Waals surface area contributed by atoms with Crippen molar-refractivity contribution in [3.8, 4) is 0 Å². The van der Waals surface area contributed by atoms with Crippen LogP contribution >= 0.6 is 0 Å². The highest BCUT2D eigenvalue weighted by atomic mass is 16.2. The van der Waals surface area contributed by atoms with E-state index in [4.69, 9.17) is 0 Å². The maximum Gasteiger partial charge on any atom is 0.276 e. The molecular formula is C17H16N6O2. The van der Waals surface area contributed by atoms with Gasteiger partial charge >= 0.3 is 0 Å². The van der Waals surface area contributed by atoms with Gasteiger partial charge in [0.2, 0.25) is 0 Å². The van der Waals surface area contributed by atoms with E-state index in [2.05, 4.69) is 37.4 Å². The number of imidazole rings is 1. The number of hydrogen-bond donors (Lipinski definition) is 4. The number of hydrogen-bond acceptors (Lipinski definition) is 4. The highest BCUT2D eigenvalue weighted by Crippen LogP contribution is 2.19. The van der Waals surface area contributed by atoms with Gasteiger partial charge in [-0.05, 0) is 24.1 Å². The van der Waals surface area contributed by atoms with Crippen molar-refractivity contribution in [2.24, 2.45) is 0 Å². The van der Waals surface area contributed by atoms with E-state index in [0.29, 0.717) is 11.5 Å². The van der Waals surface area contributed by atoms with Crippen molar-refractivity contribution in [1.29, 1.82) is 0 Å². The third-order valence-electron chi connectivity index (χ3n) is 3.58. The van der Waals surface area contributed by atoms with Crippen molar-refractivity contribution < 1.29 is 9.59 Å². The summed E-state index contributed by atoms with van der Waals surface area (Å²) in [5.41, 5.74) is 2.45. The summed E-state index contributed by atoms with van der Waals surface area (Å²) in [5, 5.41) is 11.7. The number of aromatic nitrogens is 4. The van der Waals surface area contributed by atoms with Crippen LogP contribution in [0.25, 0.3) is 6.08 Å². The summed E-state index contributed by atoms with van der Waals surface area (Å²) in [4.78, 5) is 31.5. The Kier molecular flexibility index (Phi) is 4.42. The zero-order valence-electron chi connectivity index (χ0n) is 13.5.